The van der Waals surface area contributed by atoms with Crippen molar-refractivity contribution in [3.63, 3.8) is 0 Å². The number of likely N-dealkylation sites (tertiary alicyclic amines) is 1. The number of hydroxylamine groups is 2. The van der Waals surface area contributed by atoms with E-state index < -0.39 is 0 Å². The van der Waals surface area contributed by atoms with Crippen LogP contribution in [0.1, 0.15) is 158 Å². The summed E-state index contributed by atoms with van der Waals surface area (Å²) < 4.78 is 0. The maximum atomic E-state index is 10.6. The van der Waals surface area contributed by atoms with E-state index in [0.29, 0.717) is 5.41 Å². The molecule has 0 bridgehead atoms. The van der Waals surface area contributed by atoms with Crippen LogP contribution in [0, 0.1) is 32.5 Å². The van der Waals surface area contributed by atoms with Gasteiger partial charge in [0.15, 0.2) is 0 Å². The lowest BCUT2D eigenvalue weighted by Gasteiger charge is -2.65. The van der Waals surface area contributed by atoms with Crippen molar-refractivity contribution < 1.29 is 5.21 Å². The zero-order valence-electron chi connectivity index (χ0n) is 29.5. The molecule has 0 radical (unpaired) electrons. The summed E-state index contributed by atoms with van der Waals surface area (Å²) >= 11 is 0. The Hall–Kier alpha value is -0.120. The van der Waals surface area contributed by atoms with Crippen molar-refractivity contribution in [3.8, 4) is 0 Å². The van der Waals surface area contributed by atoms with E-state index in [1.165, 1.54) is 6.42 Å². The normalized spacial score (nSPS) is 27.4. The molecule has 2 aliphatic rings. The zero-order chi connectivity index (χ0) is 30.3. The lowest BCUT2D eigenvalue weighted by atomic mass is 9.46. The van der Waals surface area contributed by atoms with Crippen molar-refractivity contribution in [2.45, 2.75) is 180 Å². The quantitative estimate of drug-likeness (QED) is 0.343. The van der Waals surface area contributed by atoms with Gasteiger partial charge in [0.25, 0.3) is 0 Å². The first kappa shape index (κ1) is 34.9. The van der Waals surface area contributed by atoms with E-state index in [1.807, 2.05) is 0 Å². The van der Waals surface area contributed by atoms with Crippen molar-refractivity contribution in [3.05, 3.63) is 0 Å². The molecule has 222 valence electrons. The van der Waals surface area contributed by atoms with E-state index in [4.69, 9.17) is 0 Å². The van der Waals surface area contributed by atoms with Gasteiger partial charge >= 0.3 is 0 Å². The molecule has 1 N–H and O–H groups in total. The highest BCUT2D eigenvalue weighted by molar-refractivity contribution is 5.20. The smallest absolute Gasteiger partial charge is 0.0416 e. The highest BCUT2D eigenvalue weighted by atomic mass is 16.5. The minimum absolute atomic E-state index is 0.192. The fourth-order valence-electron chi connectivity index (χ4n) is 10.2. The molecule has 0 aromatic carbocycles. The van der Waals surface area contributed by atoms with Gasteiger partial charge in [0.05, 0.1) is 0 Å². The number of hydrogen-bond donors (Lipinski definition) is 1. The maximum Gasteiger partial charge on any atom is 0.0416 e. The fraction of sp³-hybridized carbons (Fsp3) is 1.00. The third kappa shape index (κ3) is 5.46. The first-order chi connectivity index (χ1) is 15.7. The molecule has 3 heteroatoms. The molecule has 0 amide bonds. The number of piperidine rings is 1. The summed E-state index contributed by atoms with van der Waals surface area (Å²) in [6, 6.07) is 0. The van der Waals surface area contributed by atoms with Crippen molar-refractivity contribution in [2.24, 2.45) is 32.5 Å². The number of hydrogen-bond acceptors (Lipinski definition) is 3. The molecule has 0 aromatic rings. The average molecular weight is 523 g/mol. The van der Waals surface area contributed by atoms with Crippen LogP contribution in [0.3, 0.4) is 0 Å². The Kier molecular flexibility index (Phi) is 8.68. The van der Waals surface area contributed by atoms with Crippen LogP contribution in [-0.4, -0.2) is 44.4 Å². The van der Waals surface area contributed by atoms with Gasteiger partial charge in [0.2, 0.25) is 0 Å². The minimum atomic E-state index is -0.192. The number of nitrogens with zero attached hydrogens (tertiary/aromatic N) is 2. The van der Waals surface area contributed by atoms with Gasteiger partial charge in [-0.3, -0.25) is 4.90 Å². The van der Waals surface area contributed by atoms with E-state index in [2.05, 4.69) is 150 Å². The zero-order valence-corrected chi connectivity index (χ0v) is 29.5. The average Bonchev–Trinajstić information content (AvgIpc) is 2.74. The second kappa shape index (κ2) is 9.20. The van der Waals surface area contributed by atoms with Crippen LogP contribution in [0.5, 0.6) is 0 Å². The van der Waals surface area contributed by atoms with Crippen LogP contribution in [0.2, 0.25) is 0 Å². The fourth-order valence-corrected chi connectivity index (χ4v) is 10.2. The molecule has 0 atom stereocenters. The Morgan fingerprint density at radius 3 is 0.946 bits per heavy atom. The van der Waals surface area contributed by atoms with Crippen LogP contribution < -0.4 is 0 Å². The molecule has 0 unspecified atom stereocenters. The van der Waals surface area contributed by atoms with Crippen molar-refractivity contribution >= 4 is 0 Å². The highest BCUT2D eigenvalue weighted by Crippen LogP contribution is 2.68. The van der Waals surface area contributed by atoms with Gasteiger partial charge in [0, 0.05) is 22.2 Å². The van der Waals surface area contributed by atoms with E-state index >= 15 is 0 Å². The predicted octanol–water partition coefficient (Wildman–Crippen LogP) is 10.1. The molecule has 0 aliphatic carbocycles. The monoisotopic (exact) mass is 523 g/mol. The van der Waals surface area contributed by atoms with Gasteiger partial charge in [-0.05, 0) is 114 Å². The summed E-state index contributed by atoms with van der Waals surface area (Å²) in [6.07, 6.45) is 3.30. The molecule has 2 saturated heterocycles. The van der Waals surface area contributed by atoms with Gasteiger partial charge in [0.1, 0.15) is 0 Å². The molecule has 0 saturated carbocycles. The second-order valence-corrected chi connectivity index (χ2v) is 19.4. The first-order valence-corrected chi connectivity index (χ1v) is 14.9. The Labute approximate surface area is 234 Å². The molecule has 2 heterocycles. The molecular weight excluding hydrogens is 452 g/mol. The topological polar surface area (TPSA) is 26.7 Å². The van der Waals surface area contributed by atoms with E-state index in [0.717, 1.165) is 12.8 Å². The molecule has 2 aliphatic heterocycles. The van der Waals surface area contributed by atoms with E-state index in [9.17, 15) is 5.21 Å². The Bertz CT molecular complexity index is 755. The highest BCUT2D eigenvalue weighted by Gasteiger charge is 2.68. The Morgan fingerprint density at radius 1 is 0.486 bits per heavy atom. The first-order valence-electron chi connectivity index (χ1n) is 14.9. The summed E-state index contributed by atoms with van der Waals surface area (Å²) in [5.41, 5.74) is 1.58. The summed E-state index contributed by atoms with van der Waals surface area (Å²) in [5, 5.41) is 12.2. The Morgan fingerprint density at radius 2 is 0.784 bits per heavy atom. The van der Waals surface area contributed by atoms with E-state index in [-0.39, 0.29) is 49.2 Å². The lowest BCUT2D eigenvalue weighted by molar-refractivity contribution is -0.289. The molecular formula is C34H70N2O. The SMILES string of the molecule is CC1(C)CC(C(C)(C)C)(C(C)(C)C)CC(C)(C)N1O.CN1C(C)(C)CC(C(C)(C)C)(C(C)(C)C)C1(C)C. The molecule has 2 fully saturated rings. The summed E-state index contributed by atoms with van der Waals surface area (Å²) in [7, 11) is 2.30. The predicted molar refractivity (Wildman–Crippen MR) is 164 cm³/mol. The standard InChI is InChI=1S/C17H35NO.C17H35N/c1-13(2,3)17(14(4,5)6)11-15(7,8)18(19)16(9,10)12-17;1-13(2,3)17(14(4,5)6)12-15(7,8)18(11)16(17,9)10/h19H,11-12H2,1-10H3;12H2,1-11H3. The maximum absolute atomic E-state index is 10.6. The van der Waals surface area contributed by atoms with E-state index in [1.54, 1.807) is 5.06 Å². The summed E-state index contributed by atoms with van der Waals surface area (Å²) in [4.78, 5) is 2.61. The molecule has 0 aromatic heterocycles. The van der Waals surface area contributed by atoms with Gasteiger partial charge in [-0.15, -0.1) is 0 Å². The van der Waals surface area contributed by atoms with Gasteiger partial charge in [-0.25, -0.2) is 0 Å². The van der Waals surface area contributed by atoms with Crippen molar-refractivity contribution in [1.82, 2.24) is 9.96 Å². The third-order valence-electron chi connectivity index (χ3n) is 11.5. The molecule has 2 rings (SSSR count). The third-order valence-corrected chi connectivity index (χ3v) is 11.5. The summed E-state index contributed by atoms with van der Waals surface area (Å²) in [5.74, 6) is 0. The number of rotatable bonds is 0. The van der Waals surface area contributed by atoms with Gasteiger partial charge < -0.3 is 5.21 Å². The Balaban J connectivity index is 0.000000371. The largest absolute Gasteiger partial charge is 0.313 e. The van der Waals surface area contributed by atoms with Crippen molar-refractivity contribution in [1.29, 1.82) is 0 Å². The second-order valence-electron chi connectivity index (χ2n) is 19.4. The molecule has 0 spiro atoms. The molecule has 37 heavy (non-hydrogen) atoms. The van der Waals surface area contributed by atoms with Crippen LogP contribution in [0.4, 0.5) is 0 Å². The van der Waals surface area contributed by atoms with Gasteiger partial charge in [-0.1, -0.05) is 83.1 Å². The minimum Gasteiger partial charge on any atom is -0.313 e. The lowest BCUT2D eigenvalue weighted by Crippen LogP contribution is -2.67. The van der Waals surface area contributed by atoms with Crippen LogP contribution >= 0.6 is 0 Å². The van der Waals surface area contributed by atoms with Crippen LogP contribution in [0.15, 0.2) is 0 Å². The summed E-state index contributed by atoms with van der Waals surface area (Å²) in [6.45, 7) is 47.1. The van der Waals surface area contributed by atoms with Crippen molar-refractivity contribution in [2.75, 3.05) is 7.05 Å². The van der Waals surface area contributed by atoms with Crippen LogP contribution in [-0.2, 0) is 0 Å². The van der Waals surface area contributed by atoms with Crippen LogP contribution in [0.25, 0.3) is 0 Å². The molecule has 3 nitrogen and oxygen atoms in total. The van der Waals surface area contributed by atoms with Gasteiger partial charge in [-0.2, -0.15) is 5.06 Å².